The van der Waals surface area contributed by atoms with Crippen molar-refractivity contribution < 1.29 is 27.5 Å². The van der Waals surface area contributed by atoms with Gasteiger partial charge in [-0.3, -0.25) is 0 Å². The van der Waals surface area contributed by atoms with Crippen molar-refractivity contribution in [2.45, 2.75) is 38.5 Å². The van der Waals surface area contributed by atoms with Crippen LogP contribution < -0.4 is 4.84 Å². The van der Waals surface area contributed by atoms with E-state index in [1.165, 1.54) is 12.2 Å². The first-order valence-electron chi connectivity index (χ1n) is 9.62. The Hall–Kier alpha value is -3.14. The molecule has 156 valence electrons. The number of ether oxygens (including phenoxy) is 2. The second kappa shape index (κ2) is 7.94. The van der Waals surface area contributed by atoms with Crippen LogP contribution in [0.1, 0.15) is 36.8 Å². The number of oxime groups is 1. The van der Waals surface area contributed by atoms with Crippen molar-refractivity contribution in [3.8, 4) is 18.1 Å². The Morgan fingerprint density at radius 1 is 1.23 bits per heavy atom. The lowest BCUT2D eigenvalue weighted by atomic mass is 9.98. The molecule has 0 aromatic heterocycles. The summed E-state index contributed by atoms with van der Waals surface area (Å²) < 4.78 is 47.2. The molecule has 1 aliphatic heterocycles. The maximum Gasteiger partial charge on any atom is 0.573 e. The monoisotopic (exact) mass is 415 g/mol. The average molecular weight is 415 g/mol. The number of nitrogens with zero attached hydrogens (tertiary/aromatic N) is 1. The molecule has 0 unspecified atom stereocenters. The first kappa shape index (κ1) is 20.1. The van der Waals surface area contributed by atoms with Crippen LogP contribution in [-0.2, 0) is 15.9 Å². The number of rotatable bonds is 5. The minimum absolute atomic E-state index is 0.0689. The molecular weight excluding hydrogens is 395 g/mol. The Morgan fingerprint density at radius 3 is 2.80 bits per heavy atom. The van der Waals surface area contributed by atoms with Crippen LogP contribution in [0.25, 0.3) is 5.57 Å². The predicted molar refractivity (Wildman–Crippen MR) is 106 cm³/mol. The highest BCUT2D eigenvalue weighted by Crippen LogP contribution is 2.48. The number of allylic oxidation sites excluding steroid dienone is 5. The third kappa shape index (κ3) is 4.88. The summed E-state index contributed by atoms with van der Waals surface area (Å²) >= 11 is 0. The van der Waals surface area contributed by atoms with E-state index in [0.29, 0.717) is 37.5 Å². The number of benzene rings is 1. The molecule has 1 aromatic rings. The number of hydrogen-bond acceptors (Lipinski definition) is 4. The normalized spacial score (nSPS) is 19.2. The average Bonchev–Trinajstić information content (AvgIpc) is 3.49. The van der Waals surface area contributed by atoms with Crippen LogP contribution >= 0.6 is 0 Å². The summed E-state index contributed by atoms with van der Waals surface area (Å²) in [6.07, 6.45) is 10.4. The highest BCUT2D eigenvalue weighted by atomic mass is 19.4. The van der Waals surface area contributed by atoms with Gasteiger partial charge in [-0.25, -0.2) is 0 Å². The molecule has 3 aliphatic rings. The first-order valence-corrected chi connectivity index (χ1v) is 9.62. The fourth-order valence-corrected chi connectivity index (χ4v) is 3.41. The highest BCUT2D eigenvalue weighted by Gasteiger charge is 2.43. The van der Waals surface area contributed by atoms with Crippen molar-refractivity contribution in [1.82, 2.24) is 0 Å². The van der Waals surface area contributed by atoms with Gasteiger partial charge in [0.25, 0.3) is 0 Å². The largest absolute Gasteiger partial charge is 0.573 e. The second-order valence-electron chi connectivity index (χ2n) is 7.66. The van der Waals surface area contributed by atoms with Gasteiger partial charge in [0.2, 0.25) is 5.90 Å². The van der Waals surface area contributed by atoms with Gasteiger partial charge in [0.05, 0.1) is 13.0 Å². The lowest BCUT2D eigenvalue weighted by molar-refractivity contribution is -0.303. The molecule has 0 N–H and O–H groups in total. The van der Waals surface area contributed by atoms with Gasteiger partial charge in [0.15, 0.2) is 5.75 Å². The third-order valence-electron chi connectivity index (χ3n) is 5.30. The molecule has 2 aliphatic carbocycles. The minimum Gasteiger partial charge on any atom is -0.478 e. The lowest BCUT2D eigenvalue weighted by Gasteiger charge is -2.19. The summed E-state index contributed by atoms with van der Waals surface area (Å²) in [5.74, 6) is 3.59. The van der Waals surface area contributed by atoms with Crippen LogP contribution in [0.5, 0.6) is 5.75 Å². The standard InChI is InChI=1S/C23H20F3NO3/c1-2-10-22(11-12-22)15-28-21-14-18-13-17(7-9-20(18)30-27-21)16-4-3-5-19(8-6-16)29-23(24,25)26/h1,3,5-9,13H,4,10-12,14-15H2. The molecule has 7 heteroatoms. The van der Waals surface area contributed by atoms with Crippen molar-refractivity contribution in [3.05, 3.63) is 59.4 Å². The SMILES string of the molecule is C#CCC1(COC2=NOc3ccc(C4=CC=C(OC(F)(F)F)C=CC4)cc3C2)CC1. The summed E-state index contributed by atoms with van der Waals surface area (Å²) in [6, 6.07) is 5.61. The van der Waals surface area contributed by atoms with Crippen LogP contribution in [0.2, 0.25) is 0 Å². The molecule has 1 aromatic carbocycles. The number of fused-ring (bicyclic) bond motifs is 1. The van der Waals surface area contributed by atoms with Crippen LogP contribution in [0.15, 0.2) is 53.4 Å². The highest BCUT2D eigenvalue weighted by molar-refractivity contribution is 5.81. The summed E-state index contributed by atoms with van der Waals surface area (Å²) in [5.41, 5.74) is 2.73. The molecule has 0 radical (unpaired) electrons. The van der Waals surface area contributed by atoms with Gasteiger partial charge in [0, 0.05) is 17.4 Å². The number of hydrogen-bond donors (Lipinski definition) is 0. The molecule has 1 heterocycles. The van der Waals surface area contributed by atoms with E-state index in [-0.39, 0.29) is 11.2 Å². The van der Waals surface area contributed by atoms with Gasteiger partial charge in [0.1, 0.15) is 5.76 Å². The Balaban J connectivity index is 1.45. The van der Waals surface area contributed by atoms with Gasteiger partial charge < -0.3 is 14.3 Å². The Labute approximate surface area is 172 Å². The fourth-order valence-electron chi connectivity index (χ4n) is 3.41. The molecule has 1 fully saturated rings. The van der Waals surface area contributed by atoms with Crippen LogP contribution in [0.3, 0.4) is 0 Å². The lowest BCUT2D eigenvalue weighted by Crippen LogP contribution is -2.20. The van der Waals surface area contributed by atoms with Gasteiger partial charge in [-0.05, 0) is 59.8 Å². The fraction of sp³-hybridized carbons (Fsp3) is 0.348. The Kier molecular flexibility index (Phi) is 5.33. The number of halogens is 3. The smallest absolute Gasteiger partial charge is 0.478 e. The Morgan fingerprint density at radius 2 is 2.07 bits per heavy atom. The molecular formula is C23H20F3NO3. The predicted octanol–water partition coefficient (Wildman–Crippen LogP) is 5.52. The van der Waals surface area contributed by atoms with E-state index >= 15 is 0 Å². The van der Waals surface area contributed by atoms with E-state index in [1.807, 2.05) is 12.1 Å². The van der Waals surface area contributed by atoms with Crippen molar-refractivity contribution in [1.29, 1.82) is 0 Å². The molecule has 0 saturated heterocycles. The quantitative estimate of drug-likeness (QED) is 0.595. The van der Waals surface area contributed by atoms with Crippen molar-refractivity contribution in [3.63, 3.8) is 0 Å². The first-order chi connectivity index (χ1) is 14.4. The van der Waals surface area contributed by atoms with Crippen molar-refractivity contribution in [2.24, 2.45) is 10.6 Å². The maximum absolute atomic E-state index is 12.4. The Bertz CT molecular complexity index is 992. The van der Waals surface area contributed by atoms with E-state index < -0.39 is 6.36 Å². The molecule has 0 spiro atoms. The van der Waals surface area contributed by atoms with E-state index in [9.17, 15) is 13.2 Å². The maximum atomic E-state index is 12.4. The molecule has 0 bridgehead atoms. The molecule has 0 amide bonds. The van der Waals surface area contributed by atoms with Gasteiger partial charge >= 0.3 is 6.36 Å². The zero-order valence-corrected chi connectivity index (χ0v) is 16.2. The summed E-state index contributed by atoms with van der Waals surface area (Å²) in [7, 11) is 0. The summed E-state index contributed by atoms with van der Waals surface area (Å²) in [6.45, 7) is 0.525. The number of alkyl halides is 3. The van der Waals surface area contributed by atoms with Crippen molar-refractivity contribution >= 4 is 11.5 Å². The van der Waals surface area contributed by atoms with Crippen LogP contribution in [0, 0.1) is 17.8 Å². The topological polar surface area (TPSA) is 40.0 Å². The number of terminal acetylenes is 1. The summed E-state index contributed by atoms with van der Waals surface area (Å²) in [4.78, 5) is 5.45. The van der Waals surface area contributed by atoms with E-state index in [4.69, 9.17) is 16.0 Å². The van der Waals surface area contributed by atoms with Crippen molar-refractivity contribution in [2.75, 3.05) is 6.61 Å². The molecule has 1 saturated carbocycles. The van der Waals surface area contributed by atoms with E-state index in [0.717, 1.165) is 29.5 Å². The van der Waals surface area contributed by atoms with Crippen LogP contribution in [-0.4, -0.2) is 18.9 Å². The van der Waals surface area contributed by atoms with Gasteiger partial charge in [-0.15, -0.1) is 25.5 Å². The van der Waals surface area contributed by atoms with E-state index in [1.54, 1.807) is 18.2 Å². The second-order valence-corrected chi connectivity index (χ2v) is 7.66. The van der Waals surface area contributed by atoms with Crippen LogP contribution in [0.4, 0.5) is 13.2 Å². The zero-order valence-electron chi connectivity index (χ0n) is 16.2. The molecule has 4 nitrogen and oxygen atoms in total. The molecule has 0 atom stereocenters. The summed E-state index contributed by atoms with van der Waals surface area (Å²) in [5, 5.41) is 4.05. The third-order valence-corrected chi connectivity index (χ3v) is 5.30. The minimum atomic E-state index is -4.72. The van der Waals surface area contributed by atoms with E-state index in [2.05, 4.69) is 15.8 Å². The van der Waals surface area contributed by atoms with Gasteiger partial charge in [-0.1, -0.05) is 18.2 Å². The van der Waals surface area contributed by atoms with Gasteiger partial charge in [-0.2, -0.15) is 0 Å². The molecule has 4 rings (SSSR count). The zero-order chi connectivity index (χ0) is 21.2. The molecule has 30 heavy (non-hydrogen) atoms.